The summed E-state index contributed by atoms with van der Waals surface area (Å²) >= 11 is 3.58. The third-order valence-electron chi connectivity index (χ3n) is 4.30. The minimum atomic E-state index is 0.117. The van der Waals surface area contributed by atoms with Crippen LogP contribution >= 0.6 is 15.9 Å². The Morgan fingerprint density at radius 2 is 1.90 bits per heavy atom. The van der Waals surface area contributed by atoms with Crippen molar-refractivity contribution >= 4 is 21.8 Å². The van der Waals surface area contributed by atoms with Crippen molar-refractivity contribution in [3.63, 3.8) is 0 Å². The van der Waals surface area contributed by atoms with E-state index in [1.807, 2.05) is 0 Å². The first-order chi connectivity index (χ1) is 9.46. The maximum absolute atomic E-state index is 12.1. The first kappa shape index (κ1) is 17.2. The van der Waals surface area contributed by atoms with Gasteiger partial charge in [-0.2, -0.15) is 0 Å². The maximum Gasteiger partial charge on any atom is 0.224 e. The van der Waals surface area contributed by atoms with Crippen LogP contribution in [-0.4, -0.2) is 17.8 Å². The molecule has 0 aliphatic heterocycles. The van der Waals surface area contributed by atoms with Crippen molar-refractivity contribution in [1.82, 2.24) is 5.32 Å². The quantitative estimate of drug-likeness (QED) is 0.742. The number of rotatable bonds is 7. The van der Waals surface area contributed by atoms with Crippen LogP contribution in [0.3, 0.4) is 0 Å². The smallest absolute Gasteiger partial charge is 0.224 e. The van der Waals surface area contributed by atoms with E-state index >= 15 is 0 Å². The number of amides is 1. The number of nitrogens with one attached hydrogen (secondary N) is 1. The topological polar surface area (TPSA) is 29.1 Å². The largest absolute Gasteiger partial charge is 0.355 e. The Morgan fingerprint density at radius 1 is 1.25 bits per heavy atom. The molecule has 0 saturated heterocycles. The van der Waals surface area contributed by atoms with Crippen LogP contribution in [-0.2, 0) is 11.2 Å². The minimum absolute atomic E-state index is 0.117. The van der Waals surface area contributed by atoms with Crippen molar-refractivity contribution in [3.05, 3.63) is 34.9 Å². The summed E-state index contributed by atoms with van der Waals surface area (Å²) in [6.45, 7) is 9.23. The molecule has 0 unspecified atom stereocenters. The van der Waals surface area contributed by atoms with Crippen LogP contribution in [0.2, 0.25) is 0 Å². The number of hydrogen-bond acceptors (Lipinski definition) is 1. The lowest BCUT2D eigenvalue weighted by atomic mass is 9.84. The molecule has 1 aromatic rings. The number of halogens is 1. The van der Waals surface area contributed by atoms with Gasteiger partial charge in [0.1, 0.15) is 0 Å². The van der Waals surface area contributed by atoms with Gasteiger partial charge in [-0.1, -0.05) is 53.5 Å². The second kappa shape index (κ2) is 7.82. The Hall–Kier alpha value is -0.830. The highest BCUT2D eigenvalue weighted by atomic mass is 79.9. The molecule has 0 atom stereocenters. The summed E-state index contributed by atoms with van der Waals surface area (Å²) in [7, 11) is 0. The first-order valence-corrected chi connectivity index (χ1v) is 8.47. The monoisotopic (exact) mass is 339 g/mol. The van der Waals surface area contributed by atoms with Crippen LogP contribution in [0.15, 0.2) is 18.2 Å². The van der Waals surface area contributed by atoms with Gasteiger partial charge in [-0.3, -0.25) is 4.79 Å². The lowest BCUT2D eigenvalue weighted by Crippen LogP contribution is -2.38. The SMILES string of the molecule is CCC(CC)(CBr)CNC(=O)Cc1cc(C)ccc1C. The van der Waals surface area contributed by atoms with Crippen molar-refractivity contribution in [1.29, 1.82) is 0 Å². The molecule has 1 amide bonds. The number of hydrogen-bond donors (Lipinski definition) is 1. The summed E-state index contributed by atoms with van der Waals surface area (Å²) in [6, 6.07) is 6.27. The van der Waals surface area contributed by atoms with Gasteiger partial charge in [-0.05, 0) is 43.2 Å². The lowest BCUT2D eigenvalue weighted by molar-refractivity contribution is -0.120. The molecule has 1 aromatic carbocycles. The van der Waals surface area contributed by atoms with E-state index in [-0.39, 0.29) is 11.3 Å². The van der Waals surface area contributed by atoms with Crippen molar-refractivity contribution < 1.29 is 4.79 Å². The normalized spacial score (nSPS) is 11.4. The Balaban J connectivity index is 2.62. The number of benzene rings is 1. The predicted molar refractivity (Wildman–Crippen MR) is 89.4 cm³/mol. The average molecular weight is 340 g/mol. The van der Waals surface area contributed by atoms with E-state index in [9.17, 15) is 4.79 Å². The number of alkyl halides is 1. The van der Waals surface area contributed by atoms with E-state index in [1.165, 1.54) is 11.1 Å². The Kier molecular flexibility index (Phi) is 6.74. The minimum Gasteiger partial charge on any atom is -0.355 e. The third-order valence-corrected chi connectivity index (χ3v) is 5.49. The summed E-state index contributed by atoms with van der Waals surface area (Å²) in [4.78, 5) is 12.1. The van der Waals surface area contributed by atoms with Crippen LogP contribution in [0.25, 0.3) is 0 Å². The lowest BCUT2D eigenvalue weighted by Gasteiger charge is -2.29. The Morgan fingerprint density at radius 3 is 2.45 bits per heavy atom. The molecule has 0 aliphatic rings. The van der Waals surface area contributed by atoms with Crippen LogP contribution < -0.4 is 5.32 Å². The van der Waals surface area contributed by atoms with E-state index in [4.69, 9.17) is 0 Å². The molecular formula is C17H26BrNO. The molecule has 0 spiro atoms. The zero-order valence-electron chi connectivity index (χ0n) is 13.1. The van der Waals surface area contributed by atoms with Gasteiger partial charge in [-0.25, -0.2) is 0 Å². The van der Waals surface area contributed by atoms with E-state index in [0.717, 1.165) is 30.3 Å². The fourth-order valence-corrected chi connectivity index (χ4v) is 3.24. The van der Waals surface area contributed by atoms with Crippen molar-refractivity contribution in [2.45, 2.75) is 47.0 Å². The molecule has 0 saturated carbocycles. The second-order valence-corrected chi connectivity index (χ2v) is 6.28. The zero-order chi connectivity index (χ0) is 15.2. The van der Waals surface area contributed by atoms with Gasteiger partial charge >= 0.3 is 0 Å². The molecular weight excluding hydrogens is 314 g/mol. The van der Waals surface area contributed by atoms with E-state index in [0.29, 0.717) is 6.42 Å². The molecule has 0 fully saturated rings. The van der Waals surface area contributed by atoms with E-state index in [1.54, 1.807) is 0 Å². The fraction of sp³-hybridized carbons (Fsp3) is 0.588. The summed E-state index contributed by atoms with van der Waals surface area (Å²) in [5.74, 6) is 0.117. The van der Waals surface area contributed by atoms with Crippen molar-refractivity contribution in [3.8, 4) is 0 Å². The summed E-state index contributed by atoms with van der Waals surface area (Å²) in [5.41, 5.74) is 3.69. The van der Waals surface area contributed by atoms with Gasteiger partial charge in [0.25, 0.3) is 0 Å². The highest BCUT2D eigenvalue weighted by Gasteiger charge is 2.25. The molecule has 0 radical (unpaired) electrons. The second-order valence-electron chi connectivity index (χ2n) is 5.72. The number of carbonyl (C=O) groups is 1. The average Bonchev–Trinajstić information content (AvgIpc) is 2.45. The molecule has 0 heterocycles. The van der Waals surface area contributed by atoms with Crippen LogP contribution in [0.4, 0.5) is 0 Å². The molecule has 3 heteroatoms. The highest BCUT2D eigenvalue weighted by molar-refractivity contribution is 9.09. The molecule has 1 rings (SSSR count). The van der Waals surface area contributed by atoms with E-state index < -0.39 is 0 Å². The molecule has 0 bridgehead atoms. The number of carbonyl (C=O) groups excluding carboxylic acids is 1. The Labute approximate surface area is 131 Å². The molecule has 0 aliphatic carbocycles. The summed E-state index contributed by atoms with van der Waals surface area (Å²) in [5, 5.41) is 4.03. The van der Waals surface area contributed by atoms with Gasteiger partial charge in [0.2, 0.25) is 5.91 Å². The summed E-state index contributed by atoms with van der Waals surface area (Å²) in [6.07, 6.45) is 2.61. The third kappa shape index (κ3) is 4.62. The molecule has 0 aromatic heterocycles. The van der Waals surface area contributed by atoms with E-state index in [2.05, 4.69) is 67.1 Å². The molecule has 112 valence electrons. The zero-order valence-corrected chi connectivity index (χ0v) is 14.6. The molecule has 20 heavy (non-hydrogen) atoms. The Bertz CT molecular complexity index is 444. The molecule has 2 nitrogen and oxygen atoms in total. The summed E-state index contributed by atoms with van der Waals surface area (Å²) < 4.78 is 0. The van der Waals surface area contributed by atoms with Gasteiger partial charge in [0.05, 0.1) is 6.42 Å². The van der Waals surface area contributed by atoms with Gasteiger partial charge < -0.3 is 5.32 Å². The van der Waals surface area contributed by atoms with Crippen molar-refractivity contribution in [2.24, 2.45) is 5.41 Å². The van der Waals surface area contributed by atoms with Crippen LogP contribution in [0.1, 0.15) is 43.4 Å². The van der Waals surface area contributed by atoms with Gasteiger partial charge in [-0.15, -0.1) is 0 Å². The fourth-order valence-electron chi connectivity index (χ4n) is 2.25. The standard InChI is InChI=1S/C17H26BrNO/c1-5-17(6-2,11-18)12-19-16(20)10-15-9-13(3)7-8-14(15)4/h7-9H,5-6,10-12H2,1-4H3,(H,19,20). The van der Waals surface area contributed by atoms with Crippen LogP contribution in [0, 0.1) is 19.3 Å². The van der Waals surface area contributed by atoms with Gasteiger partial charge in [0, 0.05) is 11.9 Å². The highest BCUT2D eigenvalue weighted by Crippen LogP contribution is 2.27. The maximum atomic E-state index is 12.1. The molecule has 1 N–H and O–H groups in total. The first-order valence-electron chi connectivity index (χ1n) is 7.35. The van der Waals surface area contributed by atoms with Crippen molar-refractivity contribution in [2.75, 3.05) is 11.9 Å². The van der Waals surface area contributed by atoms with Crippen LogP contribution in [0.5, 0.6) is 0 Å². The predicted octanol–water partition coefficient (Wildman–Crippen LogP) is 4.16. The number of aryl methyl sites for hydroxylation is 2. The van der Waals surface area contributed by atoms with Gasteiger partial charge in [0.15, 0.2) is 0 Å².